The fourth-order valence-corrected chi connectivity index (χ4v) is 3.04. The standard InChI is InChI=1S/C16H18O4S/c1-11-5-6-12(2)16(9-11)20-21(17,18)14-7-8-15(19-4)13(3)10-14/h5-10H,1-4H3. The molecule has 112 valence electrons. The van der Waals surface area contributed by atoms with Crippen molar-refractivity contribution in [3.63, 3.8) is 0 Å². The van der Waals surface area contributed by atoms with Gasteiger partial charge in [-0.15, -0.1) is 0 Å². The summed E-state index contributed by atoms with van der Waals surface area (Å²) >= 11 is 0. The molecule has 0 heterocycles. The van der Waals surface area contributed by atoms with Gasteiger partial charge < -0.3 is 8.92 Å². The van der Waals surface area contributed by atoms with Gasteiger partial charge in [-0.25, -0.2) is 0 Å². The summed E-state index contributed by atoms with van der Waals surface area (Å²) in [6.07, 6.45) is 0. The van der Waals surface area contributed by atoms with Gasteiger partial charge in [0.15, 0.2) is 0 Å². The molecule has 0 aliphatic heterocycles. The molecule has 4 nitrogen and oxygen atoms in total. The third-order valence-corrected chi connectivity index (χ3v) is 4.43. The first kappa shape index (κ1) is 15.4. The lowest BCUT2D eigenvalue weighted by Gasteiger charge is -2.11. The number of benzene rings is 2. The van der Waals surface area contributed by atoms with Gasteiger partial charge in [0.1, 0.15) is 16.4 Å². The topological polar surface area (TPSA) is 52.6 Å². The van der Waals surface area contributed by atoms with Crippen LogP contribution in [0.15, 0.2) is 41.3 Å². The van der Waals surface area contributed by atoms with E-state index in [1.807, 2.05) is 26.0 Å². The summed E-state index contributed by atoms with van der Waals surface area (Å²) in [6, 6.07) is 10.1. The van der Waals surface area contributed by atoms with Gasteiger partial charge >= 0.3 is 10.1 Å². The molecule has 0 saturated heterocycles. The van der Waals surface area contributed by atoms with Crippen LogP contribution >= 0.6 is 0 Å². The number of ether oxygens (including phenoxy) is 1. The molecule has 2 rings (SSSR count). The Morgan fingerprint density at radius 2 is 1.57 bits per heavy atom. The first-order valence-corrected chi connectivity index (χ1v) is 7.90. The molecular weight excluding hydrogens is 288 g/mol. The minimum absolute atomic E-state index is 0.113. The molecule has 0 aliphatic carbocycles. The molecule has 0 spiro atoms. The number of hydrogen-bond donors (Lipinski definition) is 0. The van der Waals surface area contributed by atoms with E-state index in [1.165, 1.54) is 6.07 Å². The lowest BCUT2D eigenvalue weighted by Crippen LogP contribution is -2.11. The summed E-state index contributed by atoms with van der Waals surface area (Å²) in [5, 5.41) is 0. The molecule has 0 atom stereocenters. The zero-order valence-corrected chi connectivity index (χ0v) is 13.3. The fraction of sp³-hybridized carbons (Fsp3) is 0.250. The van der Waals surface area contributed by atoms with Crippen molar-refractivity contribution in [3.05, 3.63) is 53.1 Å². The number of methoxy groups -OCH3 is 1. The Kier molecular flexibility index (Phi) is 4.23. The molecular formula is C16H18O4S. The summed E-state index contributed by atoms with van der Waals surface area (Å²) in [4.78, 5) is 0.113. The minimum Gasteiger partial charge on any atom is -0.496 e. The molecule has 2 aromatic carbocycles. The van der Waals surface area contributed by atoms with Crippen LogP contribution in [0.1, 0.15) is 16.7 Å². The molecule has 0 radical (unpaired) electrons. The highest BCUT2D eigenvalue weighted by Crippen LogP contribution is 2.26. The van der Waals surface area contributed by atoms with Gasteiger partial charge in [0.2, 0.25) is 0 Å². The maximum absolute atomic E-state index is 12.4. The van der Waals surface area contributed by atoms with Crippen LogP contribution in [0.3, 0.4) is 0 Å². The molecule has 0 saturated carbocycles. The second-order valence-electron chi connectivity index (χ2n) is 4.94. The Balaban J connectivity index is 2.38. The first-order chi connectivity index (χ1) is 9.83. The molecule has 5 heteroatoms. The normalized spacial score (nSPS) is 11.2. The summed E-state index contributed by atoms with van der Waals surface area (Å²) in [7, 11) is -2.31. The van der Waals surface area contributed by atoms with Crippen LogP contribution < -0.4 is 8.92 Å². The van der Waals surface area contributed by atoms with E-state index in [4.69, 9.17) is 8.92 Å². The molecule has 2 aromatic rings. The van der Waals surface area contributed by atoms with Crippen LogP contribution in [0.2, 0.25) is 0 Å². The van der Waals surface area contributed by atoms with Crippen molar-refractivity contribution >= 4 is 10.1 Å². The molecule has 0 N–H and O–H groups in total. The second-order valence-corrected chi connectivity index (χ2v) is 6.48. The van der Waals surface area contributed by atoms with Gasteiger partial charge in [-0.2, -0.15) is 8.42 Å². The summed E-state index contributed by atoms with van der Waals surface area (Å²) < 4.78 is 35.1. The van der Waals surface area contributed by atoms with Crippen LogP contribution in [-0.4, -0.2) is 15.5 Å². The van der Waals surface area contributed by atoms with Gasteiger partial charge in [-0.3, -0.25) is 0 Å². The van der Waals surface area contributed by atoms with Crippen molar-refractivity contribution < 1.29 is 17.3 Å². The van der Waals surface area contributed by atoms with Crippen LogP contribution in [0, 0.1) is 20.8 Å². The maximum Gasteiger partial charge on any atom is 0.339 e. The summed E-state index contributed by atoms with van der Waals surface area (Å²) in [5.41, 5.74) is 2.45. The van der Waals surface area contributed by atoms with Crippen LogP contribution in [0.25, 0.3) is 0 Å². The lowest BCUT2D eigenvalue weighted by molar-refractivity contribution is 0.411. The lowest BCUT2D eigenvalue weighted by atomic mass is 10.1. The Bertz CT molecular complexity index is 764. The van der Waals surface area contributed by atoms with E-state index in [0.29, 0.717) is 11.5 Å². The highest BCUT2D eigenvalue weighted by atomic mass is 32.2. The fourth-order valence-electron chi connectivity index (χ4n) is 1.97. The zero-order valence-electron chi connectivity index (χ0n) is 12.5. The van der Waals surface area contributed by atoms with E-state index >= 15 is 0 Å². The third-order valence-electron chi connectivity index (χ3n) is 3.20. The Morgan fingerprint density at radius 1 is 0.857 bits per heavy atom. The summed E-state index contributed by atoms with van der Waals surface area (Å²) in [5.74, 6) is 0.990. The maximum atomic E-state index is 12.4. The molecule has 0 fully saturated rings. The van der Waals surface area contributed by atoms with E-state index in [1.54, 1.807) is 32.2 Å². The minimum atomic E-state index is -3.86. The van der Waals surface area contributed by atoms with Crippen molar-refractivity contribution in [2.75, 3.05) is 7.11 Å². The van der Waals surface area contributed by atoms with Crippen molar-refractivity contribution in [2.24, 2.45) is 0 Å². The predicted molar refractivity (Wildman–Crippen MR) is 81.5 cm³/mol. The third kappa shape index (κ3) is 3.36. The van der Waals surface area contributed by atoms with E-state index in [0.717, 1.165) is 16.7 Å². The van der Waals surface area contributed by atoms with E-state index in [-0.39, 0.29) is 4.90 Å². The Hall–Kier alpha value is -2.01. The van der Waals surface area contributed by atoms with E-state index < -0.39 is 10.1 Å². The van der Waals surface area contributed by atoms with Crippen LogP contribution in [0.4, 0.5) is 0 Å². The molecule has 0 bridgehead atoms. The Labute approximate surface area is 125 Å². The Morgan fingerprint density at radius 3 is 2.19 bits per heavy atom. The van der Waals surface area contributed by atoms with E-state index in [2.05, 4.69) is 0 Å². The van der Waals surface area contributed by atoms with Crippen molar-refractivity contribution in [2.45, 2.75) is 25.7 Å². The average Bonchev–Trinajstić information content (AvgIpc) is 2.42. The van der Waals surface area contributed by atoms with Gasteiger partial charge in [0.25, 0.3) is 0 Å². The highest BCUT2D eigenvalue weighted by Gasteiger charge is 2.19. The highest BCUT2D eigenvalue weighted by molar-refractivity contribution is 7.87. The molecule has 21 heavy (non-hydrogen) atoms. The molecule has 0 unspecified atom stereocenters. The van der Waals surface area contributed by atoms with Gasteiger partial charge in [0.05, 0.1) is 7.11 Å². The first-order valence-electron chi connectivity index (χ1n) is 6.50. The van der Waals surface area contributed by atoms with Crippen molar-refractivity contribution in [3.8, 4) is 11.5 Å². The summed E-state index contributed by atoms with van der Waals surface area (Å²) in [6.45, 7) is 5.48. The van der Waals surface area contributed by atoms with Crippen LogP contribution in [0.5, 0.6) is 11.5 Å². The van der Waals surface area contributed by atoms with Crippen LogP contribution in [-0.2, 0) is 10.1 Å². The largest absolute Gasteiger partial charge is 0.496 e. The monoisotopic (exact) mass is 306 g/mol. The second kappa shape index (κ2) is 5.77. The average molecular weight is 306 g/mol. The van der Waals surface area contributed by atoms with Crippen molar-refractivity contribution in [1.29, 1.82) is 0 Å². The van der Waals surface area contributed by atoms with Crippen molar-refractivity contribution in [1.82, 2.24) is 0 Å². The SMILES string of the molecule is COc1ccc(S(=O)(=O)Oc2cc(C)ccc2C)cc1C. The predicted octanol–water partition coefficient (Wildman–Crippen LogP) is 3.39. The number of rotatable bonds is 4. The smallest absolute Gasteiger partial charge is 0.339 e. The molecule has 0 aromatic heterocycles. The quantitative estimate of drug-likeness (QED) is 0.813. The van der Waals surface area contributed by atoms with Gasteiger partial charge in [-0.05, 0) is 61.7 Å². The number of aryl methyl sites for hydroxylation is 3. The molecule has 0 amide bonds. The van der Waals surface area contributed by atoms with Gasteiger partial charge in [-0.1, -0.05) is 12.1 Å². The van der Waals surface area contributed by atoms with E-state index in [9.17, 15) is 8.42 Å². The van der Waals surface area contributed by atoms with Gasteiger partial charge in [0, 0.05) is 0 Å². The zero-order chi connectivity index (χ0) is 15.6. The number of hydrogen-bond acceptors (Lipinski definition) is 4. The molecule has 0 aliphatic rings.